The van der Waals surface area contributed by atoms with E-state index in [4.69, 9.17) is 11.6 Å². The van der Waals surface area contributed by atoms with E-state index in [0.717, 1.165) is 23.5 Å². The smallest absolute Gasteiger partial charge is 0.0472 e. The molecular formula is C16H17ClN2S. The molecule has 4 heteroatoms. The molecule has 0 saturated carbocycles. The topological polar surface area (TPSA) is 27.8 Å². The van der Waals surface area contributed by atoms with Gasteiger partial charge in [-0.3, -0.25) is 0 Å². The Bertz CT molecular complexity index is 688. The highest BCUT2D eigenvalue weighted by atomic mass is 35.5. The zero-order valence-corrected chi connectivity index (χ0v) is 12.9. The summed E-state index contributed by atoms with van der Waals surface area (Å²) in [5.41, 5.74) is 3.79. The number of thiophene rings is 1. The molecule has 0 fully saturated rings. The molecule has 0 aliphatic rings. The first-order chi connectivity index (χ1) is 9.72. The molecule has 0 bridgehead atoms. The fourth-order valence-corrected chi connectivity index (χ4v) is 3.28. The molecule has 104 valence electrons. The van der Waals surface area contributed by atoms with Gasteiger partial charge in [0.15, 0.2) is 0 Å². The molecule has 2 N–H and O–H groups in total. The minimum absolute atomic E-state index is 0.460. The molecule has 0 radical (unpaired) electrons. The molecular weight excluding hydrogens is 288 g/mol. The van der Waals surface area contributed by atoms with Gasteiger partial charge in [0.2, 0.25) is 0 Å². The Morgan fingerprint density at radius 1 is 1.35 bits per heavy atom. The molecule has 1 atom stereocenters. The van der Waals surface area contributed by atoms with Crippen LogP contribution in [0.3, 0.4) is 0 Å². The molecule has 3 rings (SSSR count). The van der Waals surface area contributed by atoms with Crippen LogP contribution in [0, 0.1) is 0 Å². The van der Waals surface area contributed by atoms with Crippen LogP contribution in [0.2, 0.25) is 5.02 Å². The first kappa shape index (κ1) is 13.7. The van der Waals surface area contributed by atoms with Crippen molar-refractivity contribution >= 4 is 33.8 Å². The summed E-state index contributed by atoms with van der Waals surface area (Å²) >= 11 is 7.76. The van der Waals surface area contributed by atoms with Crippen molar-refractivity contribution in [2.75, 3.05) is 0 Å². The number of H-pyrrole nitrogens is 1. The number of rotatable bonds is 5. The second kappa shape index (κ2) is 6.00. The van der Waals surface area contributed by atoms with Crippen LogP contribution in [0.5, 0.6) is 0 Å². The Balaban J connectivity index is 1.65. The highest BCUT2D eigenvalue weighted by Crippen LogP contribution is 2.22. The molecule has 1 aromatic carbocycles. The van der Waals surface area contributed by atoms with Gasteiger partial charge in [0.1, 0.15) is 0 Å². The van der Waals surface area contributed by atoms with Crippen molar-refractivity contribution in [1.29, 1.82) is 0 Å². The number of nitrogens with one attached hydrogen (secondary N) is 2. The average molecular weight is 305 g/mol. The van der Waals surface area contributed by atoms with Gasteiger partial charge in [-0.05, 0) is 53.4 Å². The van der Waals surface area contributed by atoms with Crippen molar-refractivity contribution in [2.24, 2.45) is 0 Å². The van der Waals surface area contributed by atoms with E-state index in [9.17, 15) is 0 Å². The minimum Gasteiger partial charge on any atom is -0.361 e. The number of fused-ring (bicyclic) bond motifs is 1. The lowest BCUT2D eigenvalue weighted by atomic mass is 10.1. The van der Waals surface area contributed by atoms with E-state index in [1.807, 2.05) is 12.1 Å². The van der Waals surface area contributed by atoms with Crippen LogP contribution in [0.15, 0.2) is 41.2 Å². The van der Waals surface area contributed by atoms with Crippen LogP contribution in [0.1, 0.15) is 18.1 Å². The molecule has 2 aromatic heterocycles. The fourth-order valence-electron chi connectivity index (χ4n) is 2.42. The highest BCUT2D eigenvalue weighted by molar-refractivity contribution is 7.07. The number of halogens is 1. The summed E-state index contributed by atoms with van der Waals surface area (Å²) in [5.74, 6) is 0. The summed E-state index contributed by atoms with van der Waals surface area (Å²) in [4.78, 5) is 3.28. The van der Waals surface area contributed by atoms with E-state index in [0.29, 0.717) is 6.04 Å². The summed E-state index contributed by atoms with van der Waals surface area (Å²) in [6.07, 6.45) is 3.13. The van der Waals surface area contributed by atoms with Crippen LogP contribution in [-0.4, -0.2) is 11.0 Å². The quantitative estimate of drug-likeness (QED) is 0.708. The lowest BCUT2D eigenvalue weighted by Gasteiger charge is -2.12. The van der Waals surface area contributed by atoms with Crippen molar-refractivity contribution < 1.29 is 0 Å². The van der Waals surface area contributed by atoms with Crippen molar-refractivity contribution in [3.8, 4) is 0 Å². The molecule has 3 aromatic rings. The van der Waals surface area contributed by atoms with Gasteiger partial charge < -0.3 is 10.3 Å². The van der Waals surface area contributed by atoms with Crippen molar-refractivity contribution in [3.05, 3.63) is 57.4 Å². The van der Waals surface area contributed by atoms with Crippen molar-refractivity contribution in [3.63, 3.8) is 0 Å². The number of hydrogen-bond acceptors (Lipinski definition) is 2. The van der Waals surface area contributed by atoms with Gasteiger partial charge in [-0.2, -0.15) is 11.3 Å². The standard InChI is InChI=1S/C16H17ClN2S/c1-11(6-12-4-5-20-10-12)18-8-13-9-19-16-7-14(17)2-3-15(13)16/h2-5,7,9-11,18-19H,6,8H2,1H3. The summed E-state index contributed by atoms with van der Waals surface area (Å²) in [6.45, 7) is 3.09. The van der Waals surface area contributed by atoms with E-state index in [1.54, 1.807) is 11.3 Å². The van der Waals surface area contributed by atoms with Gasteiger partial charge in [-0.15, -0.1) is 0 Å². The molecule has 1 unspecified atom stereocenters. The first-order valence-electron chi connectivity index (χ1n) is 6.72. The maximum atomic E-state index is 6.00. The van der Waals surface area contributed by atoms with Gasteiger partial charge in [0.25, 0.3) is 0 Å². The van der Waals surface area contributed by atoms with E-state index < -0.39 is 0 Å². The van der Waals surface area contributed by atoms with Gasteiger partial charge in [-0.1, -0.05) is 17.7 Å². The third-order valence-electron chi connectivity index (χ3n) is 3.49. The van der Waals surface area contributed by atoms with Crippen LogP contribution in [0.4, 0.5) is 0 Å². The maximum Gasteiger partial charge on any atom is 0.0472 e. The molecule has 0 aliphatic heterocycles. The number of aromatic nitrogens is 1. The van der Waals surface area contributed by atoms with Gasteiger partial charge in [0.05, 0.1) is 0 Å². The average Bonchev–Trinajstić information content (AvgIpc) is 3.05. The summed E-state index contributed by atoms with van der Waals surface area (Å²) in [7, 11) is 0. The van der Waals surface area contributed by atoms with Crippen LogP contribution in [0.25, 0.3) is 10.9 Å². The molecule has 2 nitrogen and oxygen atoms in total. The van der Waals surface area contributed by atoms with Crippen molar-refractivity contribution in [1.82, 2.24) is 10.3 Å². The van der Waals surface area contributed by atoms with Crippen LogP contribution < -0.4 is 5.32 Å². The molecule has 20 heavy (non-hydrogen) atoms. The number of hydrogen-bond donors (Lipinski definition) is 2. The fraction of sp³-hybridized carbons (Fsp3) is 0.250. The third kappa shape index (κ3) is 3.06. The molecule has 0 saturated heterocycles. The Kier molecular flexibility index (Phi) is 4.10. The Morgan fingerprint density at radius 2 is 2.25 bits per heavy atom. The first-order valence-corrected chi connectivity index (χ1v) is 8.04. The van der Waals surface area contributed by atoms with Crippen LogP contribution >= 0.6 is 22.9 Å². The lowest BCUT2D eigenvalue weighted by Crippen LogP contribution is -2.27. The number of benzene rings is 1. The van der Waals surface area contributed by atoms with Gasteiger partial charge >= 0.3 is 0 Å². The predicted octanol–water partition coefficient (Wildman–Crippen LogP) is 4.60. The maximum absolute atomic E-state index is 6.00. The van der Waals surface area contributed by atoms with Gasteiger partial charge in [0, 0.05) is 34.7 Å². The SMILES string of the molecule is CC(Cc1ccsc1)NCc1c[nH]c2cc(Cl)ccc12. The number of aromatic amines is 1. The van der Waals surface area contributed by atoms with E-state index in [-0.39, 0.29) is 0 Å². The second-order valence-electron chi connectivity index (χ2n) is 5.12. The Morgan fingerprint density at radius 3 is 3.05 bits per heavy atom. The van der Waals surface area contributed by atoms with Crippen molar-refractivity contribution in [2.45, 2.75) is 25.9 Å². The monoisotopic (exact) mass is 304 g/mol. The zero-order valence-electron chi connectivity index (χ0n) is 11.3. The van der Waals surface area contributed by atoms with E-state index in [1.165, 1.54) is 16.5 Å². The summed E-state index contributed by atoms with van der Waals surface area (Å²) < 4.78 is 0. The molecule has 0 spiro atoms. The van der Waals surface area contributed by atoms with E-state index in [2.05, 4.69) is 46.3 Å². The van der Waals surface area contributed by atoms with Crippen LogP contribution in [-0.2, 0) is 13.0 Å². The molecule has 0 amide bonds. The summed E-state index contributed by atoms with van der Waals surface area (Å²) in [6, 6.07) is 8.64. The Labute approximate surface area is 127 Å². The second-order valence-corrected chi connectivity index (χ2v) is 6.34. The highest BCUT2D eigenvalue weighted by Gasteiger charge is 2.07. The largest absolute Gasteiger partial charge is 0.361 e. The summed E-state index contributed by atoms with van der Waals surface area (Å²) in [5, 5.41) is 9.93. The normalized spacial score (nSPS) is 12.9. The molecule has 0 aliphatic carbocycles. The third-order valence-corrected chi connectivity index (χ3v) is 4.46. The Hall–Kier alpha value is -1.29. The lowest BCUT2D eigenvalue weighted by molar-refractivity contribution is 0.547. The minimum atomic E-state index is 0.460. The molecule has 2 heterocycles. The van der Waals surface area contributed by atoms with E-state index >= 15 is 0 Å². The zero-order chi connectivity index (χ0) is 13.9. The predicted molar refractivity (Wildman–Crippen MR) is 87.6 cm³/mol. The van der Waals surface area contributed by atoms with Gasteiger partial charge in [-0.25, -0.2) is 0 Å².